The van der Waals surface area contributed by atoms with Crippen molar-refractivity contribution < 1.29 is 4.74 Å². The van der Waals surface area contributed by atoms with Crippen molar-refractivity contribution in [3.8, 4) is 5.75 Å². The molecule has 1 aromatic rings. The second kappa shape index (κ2) is 5.35. The Hall–Kier alpha value is -1.02. The largest absolute Gasteiger partial charge is 0.493 e. The summed E-state index contributed by atoms with van der Waals surface area (Å²) in [5, 5.41) is 0. The van der Waals surface area contributed by atoms with Crippen LogP contribution in [0, 0.1) is 6.92 Å². The molecule has 16 heavy (non-hydrogen) atoms. The van der Waals surface area contributed by atoms with Gasteiger partial charge in [0, 0.05) is 0 Å². The molecule has 0 atom stereocenters. The first-order chi connectivity index (χ1) is 7.45. The quantitative estimate of drug-likeness (QED) is 0.793. The Balaban J connectivity index is 2.76. The maximum Gasteiger partial charge on any atom is 0.122 e. The van der Waals surface area contributed by atoms with Crippen molar-refractivity contribution in [3.05, 3.63) is 29.3 Å². The van der Waals surface area contributed by atoms with E-state index in [0.29, 0.717) is 13.2 Å². The standard InChI is InChI=1S/C14H23NO/c1-11-10-12(14(2,3)4)6-7-13(11)16-9-5-8-15/h6-7,10H,5,8-9,15H2,1-4H3. The smallest absolute Gasteiger partial charge is 0.122 e. The minimum absolute atomic E-state index is 0.195. The second-order valence-electron chi connectivity index (χ2n) is 5.22. The van der Waals surface area contributed by atoms with Gasteiger partial charge in [-0.1, -0.05) is 32.9 Å². The summed E-state index contributed by atoms with van der Waals surface area (Å²) in [6.07, 6.45) is 0.903. The zero-order valence-corrected chi connectivity index (χ0v) is 10.8. The molecule has 0 aliphatic heterocycles. The average Bonchev–Trinajstić information content (AvgIpc) is 2.19. The average molecular weight is 221 g/mol. The van der Waals surface area contributed by atoms with Crippen LogP contribution in [0.15, 0.2) is 18.2 Å². The molecule has 1 rings (SSSR count). The molecule has 0 heterocycles. The third-order valence-corrected chi connectivity index (χ3v) is 2.65. The summed E-state index contributed by atoms with van der Waals surface area (Å²) in [5.74, 6) is 0.974. The van der Waals surface area contributed by atoms with Gasteiger partial charge in [-0.15, -0.1) is 0 Å². The van der Waals surface area contributed by atoms with Crippen molar-refractivity contribution in [2.45, 2.75) is 39.5 Å². The SMILES string of the molecule is Cc1cc(C(C)(C)C)ccc1OCCCN. The maximum absolute atomic E-state index is 5.66. The van der Waals surface area contributed by atoms with Gasteiger partial charge in [0.15, 0.2) is 0 Å². The Bertz CT molecular complexity index is 339. The van der Waals surface area contributed by atoms with Gasteiger partial charge in [-0.2, -0.15) is 0 Å². The summed E-state index contributed by atoms with van der Waals surface area (Å²) >= 11 is 0. The predicted octanol–water partition coefficient (Wildman–Crippen LogP) is 3.02. The molecule has 0 radical (unpaired) electrons. The zero-order chi connectivity index (χ0) is 12.2. The number of rotatable bonds is 4. The van der Waals surface area contributed by atoms with Crippen molar-refractivity contribution in [2.24, 2.45) is 5.73 Å². The molecule has 0 saturated heterocycles. The molecule has 0 aliphatic carbocycles. The monoisotopic (exact) mass is 221 g/mol. The predicted molar refractivity (Wildman–Crippen MR) is 69.0 cm³/mol. The first kappa shape index (κ1) is 13.0. The first-order valence-electron chi connectivity index (χ1n) is 5.89. The van der Waals surface area contributed by atoms with E-state index >= 15 is 0 Å². The fraction of sp³-hybridized carbons (Fsp3) is 0.571. The van der Waals surface area contributed by atoms with Crippen molar-refractivity contribution in [1.82, 2.24) is 0 Å². The molecule has 0 fully saturated rings. The van der Waals surface area contributed by atoms with Crippen LogP contribution >= 0.6 is 0 Å². The lowest BCUT2D eigenvalue weighted by Crippen LogP contribution is -2.12. The summed E-state index contributed by atoms with van der Waals surface area (Å²) in [6, 6.07) is 6.41. The van der Waals surface area contributed by atoms with E-state index in [0.717, 1.165) is 12.2 Å². The van der Waals surface area contributed by atoms with E-state index in [1.807, 2.05) is 0 Å². The van der Waals surface area contributed by atoms with Crippen LogP contribution in [0.1, 0.15) is 38.3 Å². The lowest BCUT2D eigenvalue weighted by molar-refractivity contribution is 0.311. The van der Waals surface area contributed by atoms with Gasteiger partial charge in [-0.05, 0) is 42.5 Å². The molecule has 0 aliphatic rings. The number of benzene rings is 1. The van der Waals surface area contributed by atoms with Gasteiger partial charge in [0.25, 0.3) is 0 Å². The van der Waals surface area contributed by atoms with Gasteiger partial charge in [0.1, 0.15) is 5.75 Å². The van der Waals surface area contributed by atoms with Gasteiger partial charge in [-0.25, -0.2) is 0 Å². The van der Waals surface area contributed by atoms with E-state index in [9.17, 15) is 0 Å². The topological polar surface area (TPSA) is 35.2 Å². The van der Waals surface area contributed by atoms with Crippen molar-refractivity contribution >= 4 is 0 Å². The van der Waals surface area contributed by atoms with E-state index < -0.39 is 0 Å². The van der Waals surface area contributed by atoms with Gasteiger partial charge < -0.3 is 10.5 Å². The van der Waals surface area contributed by atoms with Crippen LogP contribution in [0.25, 0.3) is 0 Å². The number of ether oxygens (including phenoxy) is 1. The number of hydrogen-bond acceptors (Lipinski definition) is 2. The highest BCUT2D eigenvalue weighted by atomic mass is 16.5. The molecule has 2 heteroatoms. The first-order valence-corrected chi connectivity index (χ1v) is 5.89. The van der Waals surface area contributed by atoms with Crippen LogP contribution in [0.4, 0.5) is 0 Å². The van der Waals surface area contributed by atoms with E-state index in [1.165, 1.54) is 11.1 Å². The third-order valence-electron chi connectivity index (χ3n) is 2.65. The van der Waals surface area contributed by atoms with Crippen LogP contribution in [-0.4, -0.2) is 13.2 Å². The van der Waals surface area contributed by atoms with Crippen LogP contribution in [-0.2, 0) is 5.41 Å². The minimum atomic E-state index is 0.195. The normalized spacial score (nSPS) is 11.6. The maximum atomic E-state index is 5.66. The van der Waals surface area contributed by atoms with Crippen LogP contribution < -0.4 is 10.5 Å². The Morgan fingerprint density at radius 3 is 2.44 bits per heavy atom. The van der Waals surface area contributed by atoms with Crippen LogP contribution in [0.5, 0.6) is 5.75 Å². The highest BCUT2D eigenvalue weighted by Crippen LogP contribution is 2.27. The van der Waals surface area contributed by atoms with E-state index in [4.69, 9.17) is 10.5 Å². The van der Waals surface area contributed by atoms with E-state index in [1.54, 1.807) is 0 Å². The van der Waals surface area contributed by atoms with Gasteiger partial charge in [-0.3, -0.25) is 0 Å². The van der Waals surface area contributed by atoms with Crippen molar-refractivity contribution in [2.75, 3.05) is 13.2 Å². The Morgan fingerprint density at radius 1 is 1.25 bits per heavy atom. The number of nitrogens with two attached hydrogens (primary N) is 1. The highest BCUT2D eigenvalue weighted by molar-refractivity contribution is 5.38. The Labute approximate surface area is 98.8 Å². The van der Waals surface area contributed by atoms with Crippen LogP contribution in [0.2, 0.25) is 0 Å². The molecule has 90 valence electrons. The number of aryl methyl sites for hydroxylation is 1. The molecule has 0 spiro atoms. The molecule has 2 N–H and O–H groups in total. The lowest BCUT2D eigenvalue weighted by Gasteiger charge is -2.20. The fourth-order valence-electron chi connectivity index (χ4n) is 1.54. The second-order valence-corrected chi connectivity index (χ2v) is 5.22. The number of hydrogen-bond donors (Lipinski definition) is 1. The van der Waals surface area contributed by atoms with Crippen LogP contribution in [0.3, 0.4) is 0 Å². The van der Waals surface area contributed by atoms with Gasteiger partial charge in [0.05, 0.1) is 6.61 Å². The Morgan fingerprint density at radius 2 is 1.94 bits per heavy atom. The van der Waals surface area contributed by atoms with Gasteiger partial charge >= 0.3 is 0 Å². The zero-order valence-electron chi connectivity index (χ0n) is 10.8. The van der Waals surface area contributed by atoms with E-state index in [-0.39, 0.29) is 5.41 Å². The minimum Gasteiger partial charge on any atom is -0.493 e. The summed E-state index contributed by atoms with van der Waals surface area (Å²) in [7, 11) is 0. The highest BCUT2D eigenvalue weighted by Gasteiger charge is 2.14. The molecular weight excluding hydrogens is 198 g/mol. The van der Waals surface area contributed by atoms with Gasteiger partial charge in [0.2, 0.25) is 0 Å². The molecule has 2 nitrogen and oxygen atoms in total. The molecule has 0 unspecified atom stereocenters. The molecule has 0 saturated carbocycles. The van der Waals surface area contributed by atoms with Crippen molar-refractivity contribution in [1.29, 1.82) is 0 Å². The summed E-state index contributed by atoms with van der Waals surface area (Å²) < 4.78 is 5.66. The summed E-state index contributed by atoms with van der Waals surface area (Å²) in [4.78, 5) is 0. The molecule has 0 bridgehead atoms. The third kappa shape index (κ3) is 3.53. The lowest BCUT2D eigenvalue weighted by atomic mass is 9.86. The molecular formula is C14H23NO. The molecule has 0 amide bonds. The molecule has 1 aromatic carbocycles. The summed E-state index contributed by atoms with van der Waals surface area (Å²) in [6.45, 7) is 10.1. The Kier molecular flexibility index (Phi) is 4.36. The van der Waals surface area contributed by atoms with E-state index in [2.05, 4.69) is 45.9 Å². The van der Waals surface area contributed by atoms with Crippen molar-refractivity contribution in [3.63, 3.8) is 0 Å². The fourth-order valence-corrected chi connectivity index (χ4v) is 1.54. The molecule has 0 aromatic heterocycles. The summed E-state index contributed by atoms with van der Waals surface area (Å²) in [5.41, 5.74) is 8.17.